The molecule has 3 N–H and O–H groups in total. The highest BCUT2D eigenvalue weighted by Gasteiger charge is 2.24. The van der Waals surface area contributed by atoms with Gasteiger partial charge in [-0.1, -0.05) is 0 Å². The van der Waals surface area contributed by atoms with E-state index >= 15 is 0 Å². The molecule has 27 heavy (non-hydrogen) atoms. The van der Waals surface area contributed by atoms with Gasteiger partial charge in [-0.3, -0.25) is 4.98 Å². The fourth-order valence-corrected chi connectivity index (χ4v) is 2.99. The lowest BCUT2D eigenvalue weighted by Crippen LogP contribution is -2.03. The van der Waals surface area contributed by atoms with E-state index in [0.29, 0.717) is 23.3 Å². The van der Waals surface area contributed by atoms with Gasteiger partial charge in [0.2, 0.25) is 0 Å². The van der Waals surface area contributed by atoms with Gasteiger partial charge in [-0.2, -0.15) is 5.10 Å². The molecule has 0 unspecified atom stereocenters. The van der Waals surface area contributed by atoms with Crippen LogP contribution in [0.15, 0.2) is 42.9 Å². The molecule has 0 bridgehead atoms. The third-order valence-corrected chi connectivity index (χ3v) is 4.52. The van der Waals surface area contributed by atoms with Crippen LogP contribution in [0.25, 0.3) is 16.6 Å². The van der Waals surface area contributed by atoms with Gasteiger partial charge in [0.15, 0.2) is 5.82 Å². The van der Waals surface area contributed by atoms with Crippen LogP contribution in [-0.4, -0.2) is 32.9 Å². The Hall–Kier alpha value is -3.35. The monoisotopic (exact) mass is 359 g/mol. The predicted octanol–water partition coefficient (Wildman–Crippen LogP) is 3.64. The van der Waals surface area contributed by atoms with Gasteiger partial charge in [-0.05, 0) is 55.5 Å². The summed E-state index contributed by atoms with van der Waals surface area (Å²) in [6.07, 6.45) is 7.85. The van der Waals surface area contributed by atoms with Gasteiger partial charge in [0.25, 0.3) is 0 Å². The minimum atomic E-state index is 0.465. The molecule has 7 nitrogen and oxygen atoms in total. The number of anilines is 2. The topological polar surface area (TPSA) is 99.5 Å². The predicted molar refractivity (Wildman–Crippen MR) is 107 cm³/mol. The number of pyridine rings is 2. The van der Waals surface area contributed by atoms with Crippen LogP contribution in [0, 0.1) is 5.41 Å². The Bertz CT molecular complexity index is 1040. The molecule has 3 heterocycles. The third kappa shape index (κ3) is 3.76. The summed E-state index contributed by atoms with van der Waals surface area (Å²) in [7, 11) is 1.81. The van der Waals surface area contributed by atoms with Gasteiger partial charge >= 0.3 is 0 Å². The van der Waals surface area contributed by atoms with Crippen LogP contribution in [0.5, 0.6) is 0 Å². The van der Waals surface area contributed by atoms with Crippen LogP contribution in [0.1, 0.15) is 36.8 Å². The first-order chi connectivity index (χ1) is 13.1. The Morgan fingerprint density at radius 3 is 2.74 bits per heavy atom. The molecule has 1 aliphatic rings. The van der Waals surface area contributed by atoms with Crippen LogP contribution >= 0.6 is 0 Å². The van der Waals surface area contributed by atoms with Crippen molar-refractivity contribution in [3.8, 4) is 0 Å². The molecule has 0 spiro atoms. The molecule has 3 aromatic heterocycles. The Labute approximate surface area is 157 Å². The lowest BCUT2D eigenvalue weighted by atomic mass is 10.0. The second-order valence-corrected chi connectivity index (χ2v) is 6.70. The molecule has 136 valence electrons. The number of allylic oxidation sites excluding steroid dienone is 1. The zero-order valence-corrected chi connectivity index (χ0v) is 15.3. The van der Waals surface area contributed by atoms with Crippen molar-refractivity contribution in [3.05, 3.63) is 54.0 Å². The summed E-state index contributed by atoms with van der Waals surface area (Å²) in [5, 5.41) is 22.4. The first-order valence-electron chi connectivity index (χ1n) is 8.94. The fourth-order valence-electron chi connectivity index (χ4n) is 2.99. The fraction of sp³-hybridized carbons (Fsp3) is 0.250. The summed E-state index contributed by atoms with van der Waals surface area (Å²) in [4.78, 5) is 9.14. The summed E-state index contributed by atoms with van der Waals surface area (Å²) in [5.74, 6) is 2.01. The molecule has 0 atom stereocenters. The Balaban J connectivity index is 1.65. The van der Waals surface area contributed by atoms with Crippen LogP contribution in [0.2, 0.25) is 0 Å². The summed E-state index contributed by atoms with van der Waals surface area (Å²) < 4.78 is 0. The van der Waals surface area contributed by atoms with E-state index in [0.717, 1.165) is 22.2 Å². The molecule has 0 aliphatic heterocycles. The maximum absolute atomic E-state index is 7.97. The van der Waals surface area contributed by atoms with Crippen molar-refractivity contribution in [1.82, 2.24) is 25.5 Å². The first-order valence-corrected chi connectivity index (χ1v) is 8.94. The number of hydrogen-bond acceptors (Lipinski definition) is 7. The van der Waals surface area contributed by atoms with Crippen molar-refractivity contribution in [2.45, 2.75) is 25.7 Å². The summed E-state index contributed by atoms with van der Waals surface area (Å²) in [6.45, 7) is 1.75. The zero-order valence-electron chi connectivity index (χ0n) is 15.3. The van der Waals surface area contributed by atoms with Crippen LogP contribution < -0.4 is 10.6 Å². The molecule has 0 aromatic carbocycles. The number of aromatic nitrogens is 4. The number of fused-ring (bicyclic) bond motifs is 1. The zero-order chi connectivity index (χ0) is 18.8. The van der Waals surface area contributed by atoms with Crippen molar-refractivity contribution >= 4 is 34.0 Å². The SMILES string of the molecule is CN/C=C(\C(C)=N)c1cnc2ccc(Nc3cc(C4CC4)cnn3)nc2c1. The van der Waals surface area contributed by atoms with E-state index in [1.165, 1.54) is 18.4 Å². The van der Waals surface area contributed by atoms with Gasteiger partial charge in [-0.15, -0.1) is 5.10 Å². The van der Waals surface area contributed by atoms with Gasteiger partial charge in [0.05, 0.1) is 17.2 Å². The smallest absolute Gasteiger partial charge is 0.154 e. The third-order valence-electron chi connectivity index (χ3n) is 4.52. The van der Waals surface area contributed by atoms with E-state index in [1.807, 2.05) is 37.5 Å². The van der Waals surface area contributed by atoms with Crippen molar-refractivity contribution < 1.29 is 0 Å². The normalized spacial score (nSPS) is 14.2. The van der Waals surface area contributed by atoms with E-state index < -0.39 is 0 Å². The van der Waals surface area contributed by atoms with Crippen molar-refractivity contribution in [3.63, 3.8) is 0 Å². The maximum Gasteiger partial charge on any atom is 0.154 e. The second kappa shape index (κ2) is 7.11. The largest absolute Gasteiger partial charge is 0.393 e. The first kappa shape index (κ1) is 17.1. The highest BCUT2D eigenvalue weighted by atomic mass is 15.2. The molecule has 0 amide bonds. The molecule has 3 aromatic rings. The van der Waals surface area contributed by atoms with Crippen LogP contribution in [-0.2, 0) is 0 Å². The molecule has 1 fully saturated rings. The number of rotatable bonds is 6. The quantitative estimate of drug-likeness (QED) is 0.581. The van der Waals surface area contributed by atoms with Crippen LogP contribution in [0.4, 0.5) is 11.6 Å². The number of nitrogens with zero attached hydrogens (tertiary/aromatic N) is 4. The van der Waals surface area contributed by atoms with E-state index in [2.05, 4.69) is 30.8 Å². The minimum Gasteiger partial charge on any atom is -0.393 e. The average molecular weight is 359 g/mol. The van der Waals surface area contributed by atoms with Crippen molar-refractivity contribution in [2.24, 2.45) is 0 Å². The van der Waals surface area contributed by atoms with Gasteiger partial charge in [-0.25, -0.2) is 4.98 Å². The standard InChI is InChI=1S/C20H21N7/c1-12(21)16(11-22-2)15-7-18-17(23-9-15)5-6-19(25-18)26-20-8-14(10-24-27-20)13-3-4-13/h5-11,13,21-22H,3-4H2,1-2H3,(H,25,26,27)/b16-11+,21-12?. The molecule has 0 saturated heterocycles. The van der Waals surface area contributed by atoms with E-state index in [9.17, 15) is 0 Å². The second-order valence-electron chi connectivity index (χ2n) is 6.70. The molecular weight excluding hydrogens is 338 g/mol. The van der Waals surface area contributed by atoms with Crippen molar-refractivity contribution in [2.75, 3.05) is 12.4 Å². The highest BCUT2D eigenvalue weighted by Crippen LogP contribution is 2.40. The maximum atomic E-state index is 7.97. The number of nitrogens with one attached hydrogen (secondary N) is 3. The summed E-state index contributed by atoms with van der Waals surface area (Å²) in [5.41, 5.74) is 4.88. The van der Waals surface area contributed by atoms with E-state index in [4.69, 9.17) is 5.41 Å². The van der Waals surface area contributed by atoms with Gasteiger partial charge in [0.1, 0.15) is 5.82 Å². The van der Waals surface area contributed by atoms with E-state index in [-0.39, 0.29) is 0 Å². The molecule has 4 rings (SSSR count). The number of hydrogen-bond donors (Lipinski definition) is 3. The molecule has 1 aliphatic carbocycles. The molecule has 7 heteroatoms. The minimum absolute atomic E-state index is 0.465. The molecule has 0 radical (unpaired) electrons. The molecular formula is C20H21N7. The van der Waals surface area contributed by atoms with E-state index in [1.54, 1.807) is 19.3 Å². The lowest BCUT2D eigenvalue weighted by Gasteiger charge is -2.09. The summed E-state index contributed by atoms with van der Waals surface area (Å²) in [6, 6.07) is 7.79. The highest BCUT2D eigenvalue weighted by molar-refractivity contribution is 6.21. The summed E-state index contributed by atoms with van der Waals surface area (Å²) >= 11 is 0. The Morgan fingerprint density at radius 2 is 2.00 bits per heavy atom. The lowest BCUT2D eigenvalue weighted by molar-refractivity contribution is 0.981. The Morgan fingerprint density at radius 1 is 1.15 bits per heavy atom. The molecule has 1 saturated carbocycles. The Kier molecular flexibility index (Phi) is 4.50. The van der Waals surface area contributed by atoms with Crippen LogP contribution in [0.3, 0.4) is 0 Å². The van der Waals surface area contributed by atoms with Gasteiger partial charge in [0, 0.05) is 36.3 Å². The average Bonchev–Trinajstić information content (AvgIpc) is 3.51. The van der Waals surface area contributed by atoms with Crippen molar-refractivity contribution in [1.29, 1.82) is 5.41 Å². The van der Waals surface area contributed by atoms with Gasteiger partial charge < -0.3 is 16.0 Å².